The van der Waals surface area contributed by atoms with Gasteiger partial charge in [-0.05, 0) is 85.4 Å². The highest BCUT2D eigenvalue weighted by Gasteiger charge is 2.19. The van der Waals surface area contributed by atoms with E-state index < -0.39 is 17.5 Å². The van der Waals surface area contributed by atoms with Crippen LogP contribution in [0, 0.1) is 5.41 Å². The molecule has 1 amide bonds. The number of amides is 1. The summed E-state index contributed by atoms with van der Waals surface area (Å²) in [5.74, 6) is -0.478. The number of benzene rings is 2. The Morgan fingerprint density at radius 1 is 1.20 bits per heavy atom. The fraction of sp³-hybridized carbons (Fsp3) is 0.273. The van der Waals surface area contributed by atoms with Gasteiger partial charge >= 0.3 is 5.97 Å². The van der Waals surface area contributed by atoms with Gasteiger partial charge in [-0.25, -0.2) is 4.79 Å². The van der Waals surface area contributed by atoms with Gasteiger partial charge in [-0.3, -0.25) is 10.1 Å². The molecule has 9 nitrogen and oxygen atoms in total. The molecule has 0 aliphatic carbocycles. The molecule has 1 unspecified atom stereocenters. The molecule has 0 saturated carbocycles. The van der Waals surface area contributed by atoms with Crippen molar-refractivity contribution < 1.29 is 23.8 Å². The van der Waals surface area contributed by atoms with E-state index in [1.54, 1.807) is 32.9 Å². The zero-order valence-corrected chi connectivity index (χ0v) is 24.1. The lowest BCUT2D eigenvalue weighted by atomic mass is 10.1. The Balaban J connectivity index is 2.07. The lowest BCUT2D eigenvalue weighted by Gasteiger charge is -2.20. The fourth-order valence-corrected chi connectivity index (χ4v) is 4.42. The van der Waals surface area contributed by atoms with Gasteiger partial charge in [0.1, 0.15) is 5.60 Å². The average Bonchev–Trinajstić information content (AvgIpc) is 2.78. The van der Waals surface area contributed by atoms with Gasteiger partial charge in [0, 0.05) is 29.4 Å². The Hall–Kier alpha value is -2.21. The fourth-order valence-electron chi connectivity index (χ4n) is 2.76. The second-order valence-corrected chi connectivity index (χ2v) is 10.7. The van der Waals surface area contributed by atoms with Crippen LogP contribution in [0.15, 0.2) is 30.3 Å². The van der Waals surface area contributed by atoms with Gasteiger partial charge in [-0.1, -0.05) is 11.6 Å². The third-order valence-electron chi connectivity index (χ3n) is 4.17. The van der Waals surface area contributed by atoms with Crippen molar-refractivity contribution in [2.24, 2.45) is 0 Å². The van der Waals surface area contributed by atoms with Crippen molar-refractivity contribution in [3.05, 3.63) is 46.5 Å². The van der Waals surface area contributed by atoms with Crippen LogP contribution in [0.1, 0.15) is 36.7 Å². The first kappa shape index (κ1) is 29.0. The predicted octanol–water partition coefficient (Wildman–Crippen LogP) is 5.55. The zero-order valence-electron chi connectivity index (χ0n) is 19.4. The number of esters is 1. The Bertz CT molecular complexity index is 1130. The number of ether oxygens (including phenoxy) is 3. The number of anilines is 2. The smallest absolute Gasteiger partial charge is 0.344 e. The number of rotatable bonds is 9. The molecule has 35 heavy (non-hydrogen) atoms. The SMILES string of the molecule is COc1cc(C(=O)NC(=S)Nc2ccc(NPI)c(C=N)c2Cl)ccc1OCC(=O)OC(C)(C)C. The summed E-state index contributed by atoms with van der Waals surface area (Å²) in [6.45, 7) is 4.98. The van der Waals surface area contributed by atoms with Gasteiger partial charge in [0.05, 0.1) is 17.8 Å². The molecule has 13 heteroatoms. The Labute approximate surface area is 228 Å². The van der Waals surface area contributed by atoms with Gasteiger partial charge in [0.25, 0.3) is 5.91 Å². The molecule has 0 aliphatic rings. The number of carbonyl (C=O) groups is 2. The minimum absolute atomic E-state index is 0.0218. The van der Waals surface area contributed by atoms with Crippen LogP contribution >= 0.6 is 52.2 Å². The third-order valence-corrected chi connectivity index (χ3v) is 5.96. The first-order valence-corrected chi connectivity index (χ1v) is 15.0. The summed E-state index contributed by atoms with van der Waals surface area (Å²) < 4.78 is 16.0. The molecule has 1 atom stereocenters. The van der Waals surface area contributed by atoms with Crippen LogP contribution in [0.2, 0.25) is 5.02 Å². The summed E-state index contributed by atoms with van der Waals surface area (Å²) in [7, 11) is 1.42. The molecule has 0 aliphatic heterocycles. The number of hydrogen-bond acceptors (Lipinski definition) is 8. The molecule has 0 radical (unpaired) electrons. The average molecular weight is 651 g/mol. The van der Waals surface area contributed by atoms with Crippen molar-refractivity contribution in [2.45, 2.75) is 26.4 Å². The van der Waals surface area contributed by atoms with Crippen LogP contribution in [0.5, 0.6) is 11.5 Å². The molecule has 2 aromatic rings. The first-order chi connectivity index (χ1) is 16.5. The number of thiocarbonyl (C=S) groups is 1. The Morgan fingerprint density at radius 2 is 1.89 bits per heavy atom. The summed E-state index contributed by atoms with van der Waals surface area (Å²) in [6, 6.07) is 7.96. The molecule has 2 rings (SSSR count). The molecule has 2 aromatic carbocycles. The summed E-state index contributed by atoms with van der Waals surface area (Å²) in [6.07, 6.45) is 1.56. The molecule has 0 spiro atoms. The van der Waals surface area contributed by atoms with E-state index >= 15 is 0 Å². The van der Waals surface area contributed by atoms with Crippen LogP contribution in [0.25, 0.3) is 0 Å². The molecule has 0 aromatic heterocycles. The van der Waals surface area contributed by atoms with Crippen molar-refractivity contribution in [1.82, 2.24) is 5.32 Å². The van der Waals surface area contributed by atoms with Gasteiger partial charge in [0.15, 0.2) is 23.2 Å². The number of carbonyl (C=O) groups excluding carboxylic acids is 2. The second-order valence-electron chi connectivity index (χ2n) is 7.90. The number of methoxy groups -OCH3 is 1. The normalized spacial score (nSPS) is 11.0. The molecule has 0 saturated heterocycles. The van der Waals surface area contributed by atoms with Crippen LogP contribution in [-0.2, 0) is 9.53 Å². The number of nitrogens with one attached hydrogen (secondary N) is 4. The molecule has 0 bridgehead atoms. The van der Waals surface area contributed by atoms with Crippen molar-refractivity contribution in [1.29, 1.82) is 5.41 Å². The van der Waals surface area contributed by atoms with Gasteiger partial charge < -0.3 is 30.0 Å². The van der Waals surface area contributed by atoms with Crippen LogP contribution < -0.4 is 25.2 Å². The standard InChI is InChI=1S/C22H25ClIN4O5PS/c1-22(2,3)33-18(29)11-32-16-8-5-12(9-17(16)31-4)20(30)27-21(35)26-15-7-6-14(28-34-24)13(10-25)19(15)23/h5-10,25,28,34H,11H2,1-4H3,(H2,26,27,30,35). The maximum absolute atomic E-state index is 12.7. The van der Waals surface area contributed by atoms with Crippen LogP contribution in [0.3, 0.4) is 0 Å². The van der Waals surface area contributed by atoms with Gasteiger partial charge in [-0.2, -0.15) is 0 Å². The van der Waals surface area contributed by atoms with E-state index in [4.69, 9.17) is 43.4 Å². The maximum Gasteiger partial charge on any atom is 0.344 e. The van der Waals surface area contributed by atoms with Gasteiger partial charge in [0.2, 0.25) is 0 Å². The van der Waals surface area contributed by atoms with Crippen molar-refractivity contribution in [3.63, 3.8) is 0 Å². The van der Waals surface area contributed by atoms with Gasteiger partial charge in [-0.15, -0.1) is 0 Å². The topological polar surface area (TPSA) is 122 Å². The molecule has 0 fully saturated rings. The lowest BCUT2D eigenvalue weighted by molar-refractivity contribution is -0.157. The molecular weight excluding hydrogens is 626 g/mol. The molecule has 4 N–H and O–H groups in total. The van der Waals surface area contributed by atoms with Crippen LogP contribution in [0.4, 0.5) is 11.4 Å². The largest absolute Gasteiger partial charge is 0.493 e. The molecule has 0 heterocycles. The van der Waals surface area contributed by atoms with Crippen molar-refractivity contribution in [3.8, 4) is 11.5 Å². The first-order valence-electron chi connectivity index (χ1n) is 10.1. The van der Waals surface area contributed by atoms with E-state index in [1.807, 2.05) is 0 Å². The summed E-state index contributed by atoms with van der Waals surface area (Å²) in [5, 5.41) is 16.5. The second kappa shape index (κ2) is 13.2. The third kappa shape index (κ3) is 8.75. The number of halogens is 2. The van der Waals surface area contributed by atoms with Crippen molar-refractivity contribution >= 4 is 86.8 Å². The minimum atomic E-state index is -0.626. The van der Waals surface area contributed by atoms with Crippen molar-refractivity contribution in [2.75, 3.05) is 24.1 Å². The monoisotopic (exact) mass is 650 g/mol. The predicted molar refractivity (Wildman–Crippen MR) is 153 cm³/mol. The van der Waals surface area contributed by atoms with E-state index in [1.165, 1.54) is 25.3 Å². The van der Waals surface area contributed by atoms with E-state index in [0.717, 1.165) is 11.9 Å². The minimum Gasteiger partial charge on any atom is -0.493 e. The molecule has 188 valence electrons. The Kier molecular flexibility index (Phi) is 10.9. The highest BCUT2D eigenvalue weighted by atomic mass is 127. The van der Waals surface area contributed by atoms with E-state index in [2.05, 4.69) is 37.8 Å². The number of hydrogen-bond donors (Lipinski definition) is 4. The van der Waals surface area contributed by atoms with E-state index in [-0.39, 0.29) is 28.8 Å². The highest BCUT2D eigenvalue weighted by molar-refractivity contribution is 14.2. The highest BCUT2D eigenvalue weighted by Crippen LogP contribution is 2.34. The zero-order chi connectivity index (χ0) is 26.2. The maximum atomic E-state index is 12.7. The quantitative estimate of drug-likeness (QED) is 0.0917. The van der Waals surface area contributed by atoms with E-state index in [0.29, 0.717) is 22.6 Å². The van der Waals surface area contributed by atoms with E-state index in [9.17, 15) is 9.59 Å². The molecular formula is C22H25ClIN4O5PS. The summed E-state index contributed by atoms with van der Waals surface area (Å²) in [5.41, 5.74) is 1.30. The summed E-state index contributed by atoms with van der Waals surface area (Å²) >= 11 is 13.8. The van der Waals surface area contributed by atoms with Crippen LogP contribution in [-0.4, -0.2) is 42.5 Å². The summed E-state index contributed by atoms with van der Waals surface area (Å²) in [4.78, 5) is 24.6. The Morgan fingerprint density at radius 3 is 2.49 bits per heavy atom. The lowest BCUT2D eigenvalue weighted by Crippen LogP contribution is -2.34.